The number of ether oxygens (including phenoxy) is 1. The first-order chi connectivity index (χ1) is 9.08. The summed E-state index contributed by atoms with van der Waals surface area (Å²) in [4.78, 5) is 11.4. The Labute approximate surface area is 123 Å². The number of carbonyl (C=O) groups is 1. The number of amides is 1. The van der Waals surface area contributed by atoms with Crippen molar-refractivity contribution in [3.05, 3.63) is 28.7 Å². The maximum absolute atomic E-state index is 11.4. The van der Waals surface area contributed by atoms with Crippen molar-refractivity contribution in [2.75, 3.05) is 19.7 Å². The molecule has 0 saturated carbocycles. The zero-order valence-electron chi connectivity index (χ0n) is 11.4. The fraction of sp³-hybridized carbons (Fsp3) is 0.500. The molecule has 0 spiro atoms. The first-order valence-electron chi connectivity index (χ1n) is 6.46. The van der Waals surface area contributed by atoms with Crippen LogP contribution in [-0.4, -0.2) is 31.6 Å². The summed E-state index contributed by atoms with van der Waals surface area (Å²) in [6.07, 6.45) is 0.495. The predicted octanol–water partition coefficient (Wildman–Crippen LogP) is 2.33. The minimum absolute atomic E-state index is 0.0791. The minimum atomic E-state index is 0.0791. The maximum Gasteiger partial charge on any atom is 0.221 e. The van der Waals surface area contributed by atoms with Crippen LogP contribution in [0, 0.1) is 0 Å². The van der Waals surface area contributed by atoms with E-state index in [2.05, 4.69) is 26.6 Å². The molecule has 0 aromatic heterocycles. The normalized spacial score (nSPS) is 10.5. The molecule has 0 aliphatic rings. The summed E-state index contributed by atoms with van der Waals surface area (Å²) in [5.74, 6) is 0.920. The highest BCUT2D eigenvalue weighted by atomic mass is 79.9. The van der Waals surface area contributed by atoms with Gasteiger partial charge in [-0.3, -0.25) is 4.79 Å². The predicted molar refractivity (Wildman–Crippen MR) is 80.4 cm³/mol. The zero-order valence-corrected chi connectivity index (χ0v) is 13.0. The second kappa shape index (κ2) is 8.93. The third-order valence-electron chi connectivity index (χ3n) is 2.32. The first kappa shape index (κ1) is 16.0. The second-order valence-electron chi connectivity index (χ2n) is 4.53. The van der Waals surface area contributed by atoms with E-state index in [0.717, 1.165) is 16.8 Å². The number of rotatable bonds is 8. The van der Waals surface area contributed by atoms with Crippen molar-refractivity contribution in [1.82, 2.24) is 10.6 Å². The van der Waals surface area contributed by atoms with E-state index in [1.165, 1.54) is 0 Å². The lowest BCUT2D eigenvalue weighted by Crippen LogP contribution is -2.33. The molecule has 0 bridgehead atoms. The molecule has 106 valence electrons. The van der Waals surface area contributed by atoms with Gasteiger partial charge in [0.2, 0.25) is 5.91 Å². The maximum atomic E-state index is 11.4. The van der Waals surface area contributed by atoms with E-state index in [4.69, 9.17) is 4.74 Å². The average molecular weight is 329 g/mol. The van der Waals surface area contributed by atoms with Crippen molar-refractivity contribution in [2.45, 2.75) is 26.3 Å². The Balaban J connectivity index is 2.04. The summed E-state index contributed by atoms with van der Waals surface area (Å²) in [7, 11) is 0. The standard InChI is InChI=1S/C14H21BrN2O2/c1-11(2)17-14(18)6-7-16-8-9-19-13-5-3-4-12(15)10-13/h3-5,10-11,16H,6-9H2,1-2H3,(H,17,18). The molecule has 0 radical (unpaired) electrons. The molecule has 0 unspecified atom stereocenters. The molecule has 1 aromatic rings. The molecular formula is C14H21BrN2O2. The third kappa shape index (κ3) is 7.85. The molecule has 4 nitrogen and oxygen atoms in total. The van der Waals surface area contributed by atoms with Gasteiger partial charge in [0.1, 0.15) is 12.4 Å². The van der Waals surface area contributed by atoms with E-state index in [-0.39, 0.29) is 11.9 Å². The summed E-state index contributed by atoms with van der Waals surface area (Å²) in [5, 5.41) is 6.03. The van der Waals surface area contributed by atoms with Gasteiger partial charge >= 0.3 is 0 Å². The van der Waals surface area contributed by atoms with Gasteiger partial charge in [-0.05, 0) is 32.0 Å². The van der Waals surface area contributed by atoms with Crippen LogP contribution >= 0.6 is 15.9 Å². The van der Waals surface area contributed by atoms with Gasteiger partial charge in [-0.1, -0.05) is 22.0 Å². The van der Waals surface area contributed by atoms with Gasteiger partial charge < -0.3 is 15.4 Å². The molecule has 19 heavy (non-hydrogen) atoms. The quantitative estimate of drug-likeness (QED) is 0.720. The minimum Gasteiger partial charge on any atom is -0.492 e. The highest BCUT2D eigenvalue weighted by molar-refractivity contribution is 9.10. The van der Waals surface area contributed by atoms with E-state index >= 15 is 0 Å². The largest absolute Gasteiger partial charge is 0.492 e. The molecule has 0 saturated heterocycles. The SMILES string of the molecule is CC(C)NC(=O)CCNCCOc1cccc(Br)c1. The molecule has 0 fully saturated rings. The van der Waals surface area contributed by atoms with Gasteiger partial charge in [-0.15, -0.1) is 0 Å². The molecule has 5 heteroatoms. The summed E-state index contributed by atoms with van der Waals surface area (Å²) in [5.41, 5.74) is 0. The number of carbonyl (C=O) groups excluding carboxylic acids is 1. The smallest absolute Gasteiger partial charge is 0.221 e. The van der Waals surface area contributed by atoms with E-state index < -0.39 is 0 Å². The summed E-state index contributed by atoms with van der Waals surface area (Å²) in [6, 6.07) is 7.94. The Morgan fingerprint density at radius 3 is 2.84 bits per heavy atom. The van der Waals surface area contributed by atoms with E-state index in [1.54, 1.807) is 0 Å². The van der Waals surface area contributed by atoms with Gasteiger partial charge in [-0.25, -0.2) is 0 Å². The zero-order chi connectivity index (χ0) is 14.1. The molecule has 0 aliphatic carbocycles. The van der Waals surface area contributed by atoms with Crippen LogP contribution in [0.3, 0.4) is 0 Å². The number of benzene rings is 1. The van der Waals surface area contributed by atoms with Gasteiger partial charge in [0.25, 0.3) is 0 Å². The van der Waals surface area contributed by atoms with Gasteiger partial charge in [-0.2, -0.15) is 0 Å². The fourth-order valence-electron chi connectivity index (χ4n) is 1.52. The first-order valence-corrected chi connectivity index (χ1v) is 7.25. The van der Waals surface area contributed by atoms with Crippen LogP contribution in [-0.2, 0) is 4.79 Å². The summed E-state index contributed by atoms with van der Waals surface area (Å²) >= 11 is 3.39. The number of halogens is 1. The molecule has 1 amide bonds. The van der Waals surface area contributed by atoms with Crippen LogP contribution in [0.15, 0.2) is 28.7 Å². The topological polar surface area (TPSA) is 50.4 Å². The molecular weight excluding hydrogens is 308 g/mol. The van der Waals surface area contributed by atoms with Gasteiger partial charge in [0, 0.05) is 30.0 Å². The number of hydrogen-bond acceptors (Lipinski definition) is 3. The van der Waals surface area contributed by atoms with Crippen molar-refractivity contribution < 1.29 is 9.53 Å². The molecule has 1 rings (SSSR count). The molecule has 0 heterocycles. The highest BCUT2D eigenvalue weighted by Gasteiger charge is 2.02. The Morgan fingerprint density at radius 1 is 1.37 bits per heavy atom. The Bertz CT molecular complexity index is 397. The van der Waals surface area contributed by atoms with Crippen LogP contribution in [0.2, 0.25) is 0 Å². The van der Waals surface area contributed by atoms with Crippen molar-refractivity contribution in [1.29, 1.82) is 0 Å². The number of nitrogens with one attached hydrogen (secondary N) is 2. The highest BCUT2D eigenvalue weighted by Crippen LogP contribution is 2.17. The Hall–Kier alpha value is -1.07. The van der Waals surface area contributed by atoms with E-state index in [9.17, 15) is 4.79 Å². The summed E-state index contributed by atoms with van der Waals surface area (Å²) in [6.45, 7) is 5.89. The lowest BCUT2D eigenvalue weighted by atomic mass is 10.3. The third-order valence-corrected chi connectivity index (χ3v) is 2.82. The van der Waals surface area contributed by atoms with Crippen LogP contribution in [0.4, 0.5) is 0 Å². The molecule has 0 aliphatic heterocycles. The average Bonchev–Trinajstić information content (AvgIpc) is 2.32. The van der Waals surface area contributed by atoms with Gasteiger partial charge in [0.05, 0.1) is 0 Å². The van der Waals surface area contributed by atoms with Crippen molar-refractivity contribution in [3.63, 3.8) is 0 Å². The molecule has 2 N–H and O–H groups in total. The summed E-state index contributed by atoms with van der Waals surface area (Å²) < 4.78 is 6.57. The molecule has 1 aromatic carbocycles. The number of hydrogen-bond donors (Lipinski definition) is 2. The van der Waals surface area contributed by atoms with Crippen molar-refractivity contribution in [3.8, 4) is 5.75 Å². The van der Waals surface area contributed by atoms with Crippen molar-refractivity contribution in [2.24, 2.45) is 0 Å². The lowest BCUT2D eigenvalue weighted by Gasteiger charge is -2.09. The Morgan fingerprint density at radius 2 is 2.16 bits per heavy atom. The van der Waals surface area contributed by atoms with E-state index in [0.29, 0.717) is 19.6 Å². The monoisotopic (exact) mass is 328 g/mol. The molecule has 0 atom stereocenters. The van der Waals surface area contributed by atoms with Crippen LogP contribution < -0.4 is 15.4 Å². The fourth-order valence-corrected chi connectivity index (χ4v) is 1.90. The van der Waals surface area contributed by atoms with Crippen LogP contribution in [0.25, 0.3) is 0 Å². The van der Waals surface area contributed by atoms with Gasteiger partial charge in [0.15, 0.2) is 0 Å². The van der Waals surface area contributed by atoms with Crippen LogP contribution in [0.5, 0.6) is 5.75 Å². The second-order valence-corrected chi connectivity index (χ2v) is 5.44. The van der Waals surface area contributed by atoms with E-state index in [1.807, 2.05) is 38.1 Å². The Kier molecular flexibility index (Phi) is 7.52. The lowest BCUT2D eigenvalue weighted by molar-refractivity contribution is -0.121. The van der Waals surface area contributed by atoms with Crippen molar-refractivity contribution >= 4 is 21.8 Å². The van der Waals surface area contributed by atoms with Crippen LogP contribution in [0.1, 0.15) is 20.3 Å².